The molecule has 3 heterocycles. The molecule has 2 unspecified atom stereocenters. The molecular formula is C22H21F3N4O3. The van der Waals surface area contributed by atoms with Crippen molar-refractivity contribution in [3.05, 3.63) is 63.2 Å². The van der Waals surface area contributed by atoms with Gasteiger partial charge >= 0.3 is 5.97 Å². The number of aromatic nitrogens is 2. The Morgan fingerprint density at radius 1 is 1.31 bits per heavy atom. The van der Waals surface area contributed by atoms with E-state index in [-0.39, 0.29) is 40.1 Å². The van der Waals surface area contributed by atoms with E-state index in [1.165, 1.54) is 6.92 Å². The number of carboxylic acids is 1. The maximum Gasteiger partial charge on any atom is 0.341 e. The molecule has 1 aliphatic rings. The van der Waals surface area contributed by atoms with E-state index in [1.54, 1.807) is 4.90 Å². The molecule has 0 amide bonds. The Balaban J connectivity index is 2.04. The summed E-state index contributed by atoms with van der Waals surface area (Å²) in [4.78, 5) is 30.6. The van der Waals surface area contributed by atoms with Crippen LogP contribution in [0.5, 0.6) is 0 Å². The Morgan fingerprint density at radius 2 is 2.03 bits per heavy atom. The van der Waals surface area contributed by atoms with Gasteiger partial charge in [0, 0.05) is 37.0 Å². The second-order valence-corrected chi connectivity index (χ2v) is 8.07. The molecule has 2 aromatic heterocycles. The van der Waals surface area contributed by atoms with E-state index in [0.717, 1.165) is 29.3 Å². The highest BCUT2D eigenvalue weighted by molar-refractivity contribution is 5.93. The number of halogens is 3. The van der Waals surface area contributed by atoms with Crippen LogP contribution in [0, 0.1) is 30.3 Å². The number of anilines is 1. The number of rotatable bonds is 4. The lowest BCUT2D eigenvalue weighted by Crippen LogP contribution is -2.30. The van der Waals surface area contributed by atoms with Gasteiger partial charge in [0.2, 0.25) is 5.43 Å². The Hall–Kier alpha value is -3.40. The Kier molecular flexibility index (Phi) is 5.41. The molecule has 32 heavy (non-hydrogen) atoms. The molecule has 0 aliphatic carbocycles. The van der Waals surface area contributed by atoms with E-state index in [4.69, 9.17) is 5.73 Å². The first-order valence-electron chi connectivity index (χ1n) is 10.0. The van der Waals surface area contributed by atoms with Crippen LogP contribution in [-0.2, 0) is 0 Å². The molecule has 0 saturated carbocycles. The van der Waals surface area contributed by atoms with Crippen LogP contribution < -0.4 is 16.1 Å². The maximum absolute atomic E-state index is 15.3. The van der Waals surface area contributed by atoms with Gasteiger partial charge < -0.3 is 15.7 Å². The summed E-state index contributed by atoms with van der Waals surface area (Å²) in [5, 5.41) is 9.20. The number of aryl methyl sites for hydroxylation is 1. The first-order valence-corrected chi connectivity index (χ1v) is 10.0. The molecule has 7 nitrogen and oxygen atoms in total. The first kappa shape index (κ1) is 21.8. The van der Waals surface area contributed by atoms with Crippen LogP contribution in [0.4, 0.5) is 19.0 Å². The summed E-state index contributed by atoms with van der Waals surface area (Å²) in [7, 11) is 0. The number of hydrogen-bond acceptors (Lipinski definition) is 5. The first-order chi connectivity index (χ1) is 15.1. The van der Waals surface area contributed by atoms with Gasteiger partial charge in [-0.2, -0.15) is 0 Å². The van der Waals surface area contributed by atoms with Crippen LogP contribution in [0.2, 0.25) is 0 Å². The molecule has 0 radical (unpaired) electrons. The summed E-state index contributed by atoms with van der Waals surface area (Å²) >= 11 is 0. The van der Waals surface area contributed by atoms with Gasteiger partial charge in [0.05, 0.1) is 11.1 Å². The van der Waals surface area contributed by atoms with Crippen molar-refractivity contribution >= 4 is 22.8 Å². The largest absolute Gasteiger partial charge is 0.477 e. The topological polar surface area (TPSA) is 101 Å². The molecule has 1 fully saturated rings. The van der Waals surface area contributed by atoms with E-state index in [2.05, 4.69) is 4.98 Å². The normalized spacial score (nSPS) is 17.2. The summed E-state index contributed by atoms with van der Waals surface area (Å²) in [6.45, 7) is 4.16. The number of nitrogens with zero attached hydrogens (tertiary/aromatic N) is 3. The highest BCUT2D eigenvalue weighted by Crippen LogP contribution is 2.31. The lowest BCUT2D eigenvalue weighted by atomic mass is 10.0. The number of benzene rings is 1. The van der Waals surface area contributed by atoms with E-state index in [9.17, 15) is 23.5 Å². The number of carboxylic acid groups (broad SMARTS) is 1. The zero-order chi connectivity index (χ0) is 23.3. The number of pyridine rings is 2. The van der Waals surface area contributed by atoms with Crippen LogP contribution in [0.1, 0.15) is 29.3 Å². The number of nitrogens with two attached hydrogens (primary N) is 1. The number of aromatic carboxylic acids is 1. The van der Waals surface area contributed by atoms with Crippen molar-refractivity contribution in [1.29, 1.82) is 0 Å². The fourth-order valence-corrected chi connectivity index (χ4v) is 4.11. The summed E-state index contributed by atoms with van der Waals surface area (Å²) in [5.74, 6) is -4.04. The van der Waals surface area contributed by atoms with Crippen molar-refractivity contribution in [2.24, 2.45) is 11.7 Å². The van der Waals surface area contributed by atoms with Crippen molar-refractivity contribution in [2.75, 3.05) is 18.0 Å². The van der Waals surface area contributed by atoms with Gasteiger partial charge in [0.1, 0.15) is 17.2 Å². The van der Waals surface area contributed by atoms with Crippen LogP contribution in [-0.4, -0.2) is 39.8 Å². The number of fused-ring (bicyclic) bond motifs is 1. The maximum atomic E-state index is 15.3. The standard InChI is InChI=1S/C22H21F3N4O3/c1-10-17-19(30)14(22(31)32)9-29(16-4-3-13(23)7-15(16)24)20(17)27-21(18(10)25)28-6-5-12(8-28)11(2)26/h3-4,7,9,11-12H,5-6,8,26H2,1-2H3,(H,31,32). The van der Waals surface area contributed by atoms with E-state index < -0.39 is 34.4 Å². The molecule has 3 N–H and O–H groups in total. The highest BCUT2D eigenvalue weighted by atomic mass is 19.1. The summed E-state index contributed by atoms with van der Waals surface area (Å²) in [6.07, 6.45) is 1.65. The zero-order valence-corrected chi connectivity index (χ0v) is 17.4. The predicted octanol–water partition coefficient (Wildman–Crippen LogP) is 2.98. The molecule has 1 aromatic carbocycles. The summed E-state index contributed by atoms with van der Waals surface area (Å²) < 4.78 is 44.4. The van der Waals surface area contributed by atoms with Gasteiger partial charge in [-0.1, -0.05) is 0 Å². The zero-order valence-electron chi connectivity index (χ0n) is 17.4. The second-order valence-electron chi connectivity index (χ2n) is 8.07. The van der Waals surface area contributed by atoms with Crippen LogP contribution >= 0.6 is 0 Å². The number of carbonyl (C=O) groups is 1. The van der Waals surface area contributed by atoms with Gasteiger partial charge in [-0.3, -0.25) is 9.36 Å². The minimum absolute atomic E-state index is 0.0307. The van der Waals surface area contributed by atoms with Crippen molar-refractivity contribution in [2.45, 2.75) is 26.3 Å². The predicted molar refractivity (Wildman–Crippen MR) is 113 cm³/mol. The molecule has 1 saturated heterocycles. The number of hydrogen-bond donors (Lipinski definition) is 2. The van der Waals surface area contributed by atoms with Crippen molar-refractivity contribution < 1.29 is 23.1 Å². The molecular weight excluding hydrogens is 425 g/mol. The molecule has 10 heteroatoms. The molecule has 3 aromatic rings. The second kappa shape index (κ2) is 7.94. The van der Waals surface area contributed by atoms with Gasteiger partial charge in [-0.25, -0.2) is 22.9 Å². The van der Waals surface area contributed by atoms with Crippen molar-refractivity contribution in [3.8, 4) is 5.69 Å². The van der Waals surface area contributed by atoms with E-state index in [1.807, 2.05) is 6.92 Å². The van der Waals surface area contributed by atoms with Crippen molar-refractivity contribution in [3.63, 3.8) is 0 Å². The molecule has 0 bridgehead atoms. The molecule has 2 atom stereocenters. The molecule has 1 aliphatic heterocycles. The average Bonchev–Trinajstić information content (AvgIpc) is 3.21. The van der Waals surface area contributed by atoms with Gasteiger partial charge in [-0.05, 0) is 38.3 Å². The quantitative estimate of drug-likeness (QED) is 0.639. The third-order valence-electron chi connectivity index (χ3n) is 5.96. The third kappa shape index (κ3) is 3.50. The monoisotopic (exact) mass is 446 g/mol. The Bertz CT molecular complexity index is 1310. The van der Waals surface area contributed by atoms with Crippen LogP contribution in [0.25, 0.3) is 16.7 Å². The average molecular weight is 446 g/mol. The minimum atomic E-state index is -1.56. The van der Waals surface area contributed by atoms with E-state index in [0.29, 0.717) is 19.2 Å². The van der Waals surface area contributed by atoms with Crippen molar-refractivity contribution in [1.82, 2.24) is 9.55 Å². The summed E-state index contributed by atoms with van der Waals surface area (Å²) in [5.41, 5.74) is 3.91. The third-order valence-corrected chi connectivity index (χ3v) is 5.96. The minimum Gasteiger partial charge on any atom is -0.477 e. The highest BCUT2D eigenvalue weighted by Gasteiger charge is 2.30. The fraction of sp³-hybridized carbons (Fsp3) is 0.318. The lowest BCUT2D eigenvalue weighted by Gasteiger charge is -2.22. The SMILES string of the molecule is Cc1c(F)c(N2CCC(C(C)N)C2)nc2c1c(=O)c(C(=O)O)cn2-c1ccc(F)cc1F. The summed E-state index contributed by atoms with van der Waals surface area (Å²) in [6, 6.07) is 2.62. The van der Waals surface area contributed by atoms with Crippen LogP contribution in [0.15, 0.2) is 29.2 Å². The molecule has 168 valence electrons. The molecule has 0 spiro atoms. The molecule has 4 rings (SSSR count). The Labute approximate surface area is 180 Å². The smallest absolute Gasteiger partial charge is 0.341 e. The fourth-order valence-electron chi connectivity index (χ4n) is 4.11. The Morgan fingerprint density at radius 3 is 2.62 bits per heavy atom. The van der Waals surface area contributed by atoms with Gasteiger partial charge in [0.15, 0.2) is 17.3 Å². The van der Waals surface area contributed by atoms with E-state index >= 15 is 4.39 Å². The van der Waals surface area contributed by atoms with Gasteiger partial charge in [-0.15, -0.1) is 0 Å². The van der Waals surface area contributed by atoms with Crippen LogP contribution in [0.3, 0.4) is 0 Å². The van der Waals surface area contributed by atoms with Gasteiger partial charge in [0.25, 0.3) is 0 Å². The lowest BCUT2D eigenvalue weighted by molar-refractivity contribution is 0.0695.